The van der Waals surface area contributed by atoms with Gasteiger partial charge in [-0.25, -0.2) is 0 Å². The lowest BCUT2D eigenvalue weighted by molar-refractivity contribution is -0.305. The summed E-state index contributed by atoms with van der Waals surface area (Å²) in [4.78, 5) is 35.4. The molecule has 2 rings (SSSR count). The fourth-order valence-electron chi connectivity index (χ4n) is 2.10. The van der Waals surface area contributed by atoms with Gasteiger partial charge in [-0.1, -0.05) is 23.7 Å². The van der Waals surface area contributed by atoms with E-state index in [2.05, 4.69) is 0 Å². The fourth-order valence-corrected chi connectivity index (χ4v) is 2.22. The van der Waals surface area contributed by atoms with Gasteiger partial charge in [0.05, 0.1) is 6.54 Å². The van der Waals surface area contributed by atoms with Crippen LogP contribution in [0.25, 0.3) is 6.08 Å². The van der Waals surface area contributed by atoms with E-state index in [1.807, 2.05) is 0 Å². The number of carboxylic acids is 1. The van der Waals surface area contributed by atoms with Crippen molar-refractivity contribution in [3.63, 3.8) is 0 Å². The second-order valence-electron chi connectivity index (χ2n) is 4.75. The average Bonchev–Trinajstić information content (AvgIpc) is 2.69. The largest absolute Gasteiger partial charge is 0.550 e. The topological polar surface area (TPSA) is 77.5 Å². The van der Waals surface area contributed by atoms with Gasteiger partial charge in [-0.15, -0.1) is 0 Å². The number of hydrogen-bond acceptors (Lipinski definition) is 4. The van der Waals surface area contributed by atoms with E-state index in [4.69, 9.17) is 11.6 Å². The second kappa shape index (κ2) is 6.54. The number of amides is 1. The minimum absolute atomic E-state index is 0.131. The van der Waals surface area contributed by atoms with Crippen LogP contribution in [0, 0.1) is 0 Å². The summed E-state index contributed by atoms with van der Waals surface area (Å²) >= 11 is 5.78. The number of carboxylic acid groups (broad SMARTS) is 1. The summed E-state index contributed by atoms with van der Waals surface area (Å²) in [6.45, 7) is 0.434. The molecule has 0 bridgehead atoms. The van der Waals surface area contributed by atoms with Crippen LogP contribution >= 0.6 is 11.6 Å². The van der Waals surface area contributed by atoms with Crippen LogP contribution in [0.4, 0.5) is 0 Å². The summed E-state index contributed by atoms with van der Waals surface area (Å²) in [7, 11) is 0. The first-order chi connectivity index (χ1) is 9.97. The Labute approximate surface area is 126 Å². The number of likely N-dealkylation sites (tertiary alicyclic amines) is 1. The Balaban J connectivity index is 2.05. The van der Waals surface area contributed by atoms with Crippen LogP contribution in [-0.2, 0) is 14.4 Å². The molecule has 110 valence electrons. The zero-order valence-electron chi connectivity index (χ0n) is 11.2. The van der Waals surface area contributed by atoms with Crippen molar-refractivity contribution in [2.45, 2.75) is 12.8 Å². The first kappa shape index (κ1) is 15.3. The maximum Gasteiger partial charge on any atom is 0.294 e. The average molecular weight is 307 g/mol. The Morgan fingerprint density at radius 2 is 1.95 bits per heavy atom. The molecule has 0 radical (unpaired) electrons. The molecule has 0 aliphatic carbocycles. The number of carbonyl (C=O) groups is 3. The van der Waals surface area contributed by atoms with Gasteiger partial charge in [-0.2, -0.15) is 0 Å². The standard InChI is InChI=1S/C15H14ClNO4/c16-12-5-3-10(4-6-12)8-11-9-17(15(21)14(11)20)7-1-2-13(18)19/h3-6,8H,1-2,7,9H2,(H,18,19)/p-1/b11-8+. The van der Waals surface area contributed by atoms with E-state index in [1.165, 1.54) is 4.90 Å². The molecule has 0 N–H and O–H groups in total. The smallest absolute Gasteiger partial charge is 0.294 e. The maximum atomic E-state index is 11.9. The van der Waals surface area contributed by atoms with Gasteiger partial charge in [0.15, 0.2) is 0 Å². The summed E-state index contributed by atoms with van der Waals surface area (Å²) in [6, 6.07) is 6.91. The van der Waals surface area contributed by atoms with Crippen LogP contribution < -0.4 is 5.11 Å². The van der Waals surface area contributed by atoms with Crippen molar-refractivity contribution in [3.05, 3.63) is 40.4 Å². The van der Waals surface area contributed by atoms with Crippen LogP contribution in [-0.4, -0.2) is 35.6 Å². The van der Waals surface area contributed by atoms with Gasteiger partial charge in [0.25, 0.3) is 5.91 Å². The Kier molecular flexibility index (Phi) is 4.75. The quantitative estimate of drug-likeness (QED) is 0.591. The van der Waals surface area contributed by atoms with E-state index in [0.717, 1.165) is 5.56 Å². The highest BCUT2D eigenvalue weighted by Gasteiger charge is 2.33. The van der Waals surface area contributed by atoms with E-state index in [9.17, 15) is 19.5 Å². The highest BCUT2D eigenvalue weighted by atomic mass is 35.5. The van der Waals surface area contributed by atoms with E-state index < -0.39 is 17.7 Å². The lowest BCUT2D eigenvalue weighted by Gasteiger charge is -2.13. The fraction of sp³-hybridized carbons (Fsp3) is 0.267. The van der Waals surface area contributed by atoms with E-state index in [-0.39, 0.29) is 25.9 Å². The molecular formula is C15H13ClNO4-. The number of rotatable bonds is 5. The van der Waals surface area contributed by atoms with Crippen molar-refractivity contribution < 1.29 is 19.5 Å². The number of nitrogens with zero attached hydrogens (tertiary/aromatic N) is 1. The predicted octanol–water partition coefficient (Wildman–Crippen LogP) is 0.665. The SMILES string of the molecule is O=C([O-])CCCN1C/C(=C\c2ccc(Cl)cc2)C(=O)C1=O. The zero-order chi connectivity index (χ0) is 15.4. The van der Waals surface area contributed by atoms with Crippen LogP contribution in [0.5, 0.6) is 0 Å². The second-order valence-corrected chi connectivity index (χ2v) is 5.19. The number of carbonyl (C=O) groups excluding carboxylic acids is 3. The Morgan fingerprint density at radius 3 is 2.57 bits per heavy atom. The third kappa shape index (κ3) is 3.92. The molecule has 6 heteroatoms. The number of halogens is 1. The molecule has 0 saturated carbocycles. The molecule has 1 saturated heterocycles. The van der Waals surface area contributed by atoms with E-state index in [1.54, 1.807) is 30.3 Å². The first-order valence-electron chi connectivity index (χ1n) is 6.47. The number of Topliss-reactive ketones (excluding diaryl/α,β-unsaturated/α-hetero) is 1. The molecule has 0 atom stereocenters. The normalized spacial score (nSPS) is 16.8. The van der Waals surface area contributed by atoms with Crippen LogP contribution in [0.3, 0.4) is 0 Å². The molecule has 1 aliphatic rings. The van der Waals surface area contributed by atoms with Gasteiger partial charge in [-0.3, -0.25) is 9.59 Å². The van der Waals surface area contributed by atoms with Crippen molar-refractivity contribution in [3.8, 4) is 0 Å². The third-order valence-electron chi connectivity index (χ3n) is 3.15. The molecule has 0 spiro atoms. The highest BCUT2D eigenvalue weighted by Crippen LogP contribution is 2.18. The number of aliphatic carboxylic acids is 1. The molecule has 1 amide bonds. The van der Waals surface area contributed by atoms with Crippen LogP contribution in [0.15, 0.2) is 29.8 Å². The van der Waals surface area contributed by atoms with E-state index >= 15 is 0 Å². The minimum Gasteiger partial charge on any atom is -0.550 e. The summed E-state index contributed by atoms with van der Waals surface area (Å²) in [5, 5.41) is 10.9. The van der Waals surface area contributed by atoms with Gasteiger partial charge >= 0.3 is 0 Å². The molecule has 1 heterocycles. The van der Waals surface area contributed by atoms with Crippen LogP contribution in [0.2, 0.25) is 5.02 Å². The van der Waals surface area contributed by atoms with Crippen LogP contribution in [0.1, 0.15) is 18.4 Å². The molecule has 1 aromatic carbocycles. The van der Waals surface area contributed by atoms with Crippen molar-refractivity contribution in [2.75, 3.05) is 13.1 Å². The molecule has 1 aromatic rings. The first-order valence-corrected chi connectivity index (χ1v) is 6.85. The molecule has 1 aliphatic heterocycles. The van der Waals surface area contributed by atoms with Gasteiger partial charge in [0, 0.05) is 23.1 Å². The molecule has 0 aromatic heterocycles. The summed E-state index contributed by atoms with van der Waals surface area (Å²) in [5.74, 6) is -2.29. The molecule has 0 unspecified atom stereocenters. The Bertz CT molecular complexity index is 607. The summed E-state index contributed by atoms with van der Waals surface area (Å²) in [5.41, 5.74) is 1.18. The monoisotopic (exact) mass is 306 g/mol. The third-order valence-corrected chi connectivity index (χ3v) is 3.41. The maximum absolute atomic E-state index is 11.9. The van der Waals surface area contributed by atoms with Crippen molar-refractivity contribution in [1.29, 1.82) is 0 Å². The van der Waals surface area contributed by atoms with E-state index in [0.29, 0.717) is 10.6 Å². The number of hydrogen-bond donors (Lipinski definition) is 0. The number of benzene rings is 1. The van der Waals surface area contributed by atoms with Gasteiger partial charge in [-0.05, 0) is 36.6 Å². The highest BCUT2D eigenvalue weighted by molar-refractivity contribution is 6.46. The Morgan fingerprint density at radius 1 is 1.29 bits per heavy atom. The molecular weight excluding hydrogens is 294 g/mol. The summed E-state index contributed by atoms with van der Waals surface area (Å²) in [6.07, 6.45) is 1.79. The lowest BCUT2D eigenvalue weighted by atomic mass is 10.1. The van der Waals surface area contributed by atoms with Gasteiger partial charge in [0.1, 0.15) is 0 Å². The van der Waals surface area contributed by atoms with Crippen molar-refractivity contribution in [2.24, 2.45) is 0 Å². The molecule has 5 nitrogen and oxygen atoms in total. The molecule has 21 heavy (non-hydrogen) atoms. The summed E-state index contributed by atoms with van der Waals surface area (Å²) < 4.78 is 0. The molecule has 1 fully saturated rings. The Hall–Kier alpha value is -2.14. The number of ketones is 1. The van der Waals surface area contributed by atoms with Gasteiger partial charge < -0.3 is 14.8 Å². The predicted molar refractivity (Wildman–Crippen MR) is 75.3 cm³/mol. The van der Waals surface area contributed by atoms with Crippen molar-refractivity contribution in [1.82, 2.24) is 4.90 Å². The van der Waals surface area contributed by atoms with Crippen molar-refractivity contribution >= 4 is 35.3 Å². The van der Waals surface area contributed by atoms with Gasteiger partial charge in [0.2, 0.25) is 5.78 Å². The minimum atomic E-state index is -1.16. The lowest BCUT2D eigenvalue weighted by Crippen LogP contribution is -2.30. The zero-order valence-corrected chi connectivity index (χ0v) is 11.9.